The molecule has 7 nitrogen and oxygen atoms in total. The molecule has 2 rings (SSSR count). The number of nitro benzene ring substituents is 1. The molecule has 0 aliphatic heterocycles. The number of aliphatic carboxylic acids is 1. The molecular formula is C13H11NO6S. The van der Waals surface area contributed by atoms with Crippen LogP contribution in [0.25, 0.3) is 0 Å². The van der Waals surface area contributed by atoms with Crippen molar-refractivity contribution in [2.45, 2.75) is 11.0 Å². The van der Waals surface area contributed by atoms with E-state index >= 15 is 0 Å². The molecule has 0 amide bonds. The molecule has 1 aromatic carbocycles. The van der Waals surface area contributed by atoms with Crippen molar-refractivity contribution < 1.29 is 23.5 Å². The third-order valence-electron chi connectivity index (χ3n) is 2.76. The van der Waals surface area contributed by atoms with Crippen LogP contribution in [0.1, 0.15) is 16.6 Å². The lowest BCUT2D eigenvalue weighted by molar-refractivity contribution is -0.384. The van der Waals surface area contributed by atoms with Gasteiger partial charge < -0.3 is 9.52 Å². The number of furan rings is 1. The Bertz CT molecular complexity index is 664. The highest BCUT2D eigenvalue weighted by molar-refractivity contribution is 7.85. The van der Waals surface area contributed by atoms with Crippen molar-refractivity contribution >= 4 is 22.5 Å². The Balaban J connectivity index is 2.24. The van der Waals surface area contributed by atoms with Crippen LogP contribution in [0.15, 0.2) is 47.1 Å². The molecule has 0 unspecified atom stereocenters. The molecule has 21 heavy (non-hydrogen) atoms. The zero-order valence-corrected chi connectivity index (χ0v) is 11.5. The minimum atomic E-state index is -1.75. The maximum Gasteiger partial charge on any atom is 0.323 e. The maximum atomic E-state index is 12.2. The van der Waals surface area contributed by atoms with E-state index in [4.69, 9.17) is 4.42 Å². The Hall–Kier alpha value is -2.48. The summed E-state index contributed by atoms with van der Waals surface area (Å²) >= 11 is 0. The number of nitrogens with zero attached hydrogens (tertiary/aromatic N) is 1. The summed E-state index contributed by atoms with van der Waals surface area (Å²) in [7, 11) is -1.75. The normalized spacial score (nSPS) is 13.5. The Morgan fingerprint density at radius 1 is 1.33 bits per heavy atom. The molecule has 0 spiro atoms. The number of carbonyl (C=O) groups is 1. The Kier molecular flexibility index (Phi) is 4.49. The van der Waals surface area contributed by atoms with E-state index in [1.165, 1.54) is 30.5 Å². The molecule has 8 heteroatoms. The van der Waals surface area contributed by atoms with E-state index in [0.29, 0.717) is 5.76 Å². The molecule has 1 aromatic heterocycles. The molecule has 0 bridgehead atoms. The van der Waals surface area contributed by atoms with Crippen molar-refractivity contribution in [1.29, 1.82) is 0 Å². The highest BCUT2D eigenvalue weighted by Crippen LogP contribution is 2.25. The predicted molar refractivity (Wildman–Crippen MR) is 74.0 cm³/mol. The summed E-state index contributed by atoms with van der Waals surface area (Å²) in [6.45, 7) is 0. The van der Waals surface area contributed by atoms with E-state index in [0.717, 1.165) is 0 Å². The zero-order chi connectivity index (χ0) is 15.4. The lowest BCUT2D eigenvalue weighted by atomic mass is 10.1. The predicted octanol–water partition coefficient (Wildman–Crippen LogP) is 2.26. The average Bonchev–Trinajstić information content (AvgIpc) is 2.91. The molecule has 1 heterocycles. The van der Waals surface area contributed by atoms with Gasteiger partial charge in [-0.05, 0) is 17.7 Å². The zero-order valence-electron chi connectivity index (χ0n) is 10.7. The molecule has 2 atom stereocenters. The molecular weight excluding hydrogens is 298 g/mol. The van der Waals surface area contributed by atoms with Gasteiger partial charge in [0.2, 0.25) is 0 Å². The number of carboxylic acids is 1. The molecule has 110 valence electrons. The number of rotatable bonds is 6. The lowest BCUT2D eigenvalue weighted by Gasteiger charge is -2.11. The monoisotopic (exact) mass is 309 g/mol. The second kappa shape index (κ2) is 6.31. The molecule has 0 aliphatic rings. The van der Waals surface area contributed by atoms with E-state index in [1.54, 1.807) is 12.1 Å². The van der Waals surface area contributed by atoms with Gasteiger partial charge in [-0.2, -0.15) is 0 Å². The highest BCUT2D eigenvalue weighted by atomic mass is 32.2. The fourth-order valence-electron chi connectivity index (χ4n) is 1.80. The second-order valence-electron chi connectivity index (χ2n) is 4.17. The van der Waals surface area contributed by atoms with Crippen LogP contribution in [0.5, 0.6) is 0 Å². The summed E-state index contributed by atoms with van der Waals surface area (Å²) in [6, 6.07) is 8.21. The van der Waals surface area contributed by atoms with Gasteiger partial charge in [0.1, 0.15) is 5.76 Å². The van der Waals surface area contributed by atoms with Gasteiger partial charge in [-0.25, -0.2) is 0 Å². The summed E-state index contributed by atoms with van der Waals surface area (Å²) in [5.41, 5.74) is 0.0951. The van der Waals surface area contributed by atoms with E-state index in [-0.39, 0.29) is 17.0 Å². The van der Waals surface area contributed by atoms with Crippen molar-refractivity contribution in [3.05, 3.63) is 64.1 Å². The van der Waals surface area contributed by atoms with Crippen LogP contribution >= 0.6 is 0 Å². The Morgan fingerprint density at radius 3 is 2.48 bits per heavy atom. The number of hydrogen-bond donors (Lipinski definition) is 1. The minimum absolute atomic E-state index is 0.0407. The summed E-state index contributed by atoms with van der Waals surface area (Å²) in [5, 5.41) is 18.6. The Morgan fingerprint density at radius 2 is 2.00 bits per heavy atom. The van der Waals surface area contributed by atoms with Gasteiger partial charge in [-0.15, -0.1) is 0 Å². The highest BCUT2D eigenvalue weighted by Gasteiger charge is 2.28. The second-order valence-corrected chi connectivity index (χ2v) is 5.69. The van der Waals surface area contributed by atoms with Gasteiger partial charge in [-0.3, -0.25) is 19.1 Å². The van der Waals surface area contributed by atoms with Crippen molar-refractivity contribution in [2.24, 2.45) is 0 Å². The quantitative estimate of drug-likeness (QED) is 0.647. The van der Waals surface area contributed by atoms with Crippen LogP contribution in [0.4, 0.5) is 5.69 Å². The SMILES string of the molecule is O=C(O)[C@@H](c1ccc([N+](=O)[O-])cc1)[S@@](=O)Cc1ccco1. The summed E-state index contributed by atoms with van der Waals surface area (Å²) in [4.78, 5) is 21.3. The number of nitro groups is 1. The summed E-state index contributed by atoms with van der Waals surface area (Å²) < 4.78 is 17.3. The average molecular weight is 309 g/mol. The molecule has 0 saturated heterocycles. The fourth-order valence-corrected chi connectivity index (χ4v) is 3.09. The van der Waals surface area contributed by atoms with Gasteiger partial charge in [0.15, 0.2) is 5.25 Å². The van der Waals surface area contributed by atoms with Crippen LogP contribution < -0.4 is 0 Å². The van der Waals surface area contributed by atoms with Crippen molar-refractivity contribution in [2.75, 3.05) is 0 Å². The third kappa shape index (κ3) is 3.54. The first-order valence-electron chi connectivity index (χ1n) is 5.85. The summed E-state index contributed by atoms with van der Waals surface area (Å²) in [6.07, 6.45) is 1.41. The third-order valence-corrected chi connectivity index (χ3v) is 4.33. The van der Waals surface area contributed by atoms with Gasteiger partial charge in [0.25, 0.3) is 5.69 Å². The maximum absolute atomic E-state index is 12.2. The first-order valence-corrected chi connectivity index (χ1v) is 7.24. The molecule has 0 radical (unpaired) electrons. The van der Waals surface area contributed by atoms with Gasteiger partial charge in [0.05, 0.1) is 16.9 Å². The lowest BCUT2D eigenvalue weighted by Crippen LogP contribution is -2.18. The van der Waals surface area contributed by atoms with E-state index in [9.17, 15) is 24.2 Å². The minimum Gasteiger partial charge on any atom is -0.480 e. The smallest absolute Gasteiger partial charge is 0.323 e. The van der Waals surface area contributed by atoms with Gasteiger partial charge >= 0.3 is 5.97 Å². The summed E-state index contributed by atoms with van der Waals surface area (Å²) in [5.74, 6) is -0.878. The van der Waals surface area contributed by atoms with E-state index in [1.807, 2.05) is 0 Å². The first-order chi connectivity index (χ1) is 9.99. The first kappa shape index (κ1) is 14.9. The molecule has 1 N–H and O–H groups in total. The van der Waals surface area contributed by atoms with Crippen LogP contribution in [-0.2, 0) is 21.3 Å². The van der Waals surface area contributed by atoms with Crippen molar-refractivity contribution in [3.8, 4) is 0 Å². The van der Waals surface area contributed by atoms with Crippen LogP contribution in [0.2, 0.25) is 0 Å². The van der Waals surface area contributed by atoms with Crippen LogP contribution in [0, 0.1) is 10.1 Å². The van der Waals surface area contributed by atoms with Gasteiger partial charge in [0, 0.05) is 22.9 Å². The van der Waals surface area contributed by atoms with Gasteiger partial charge in [-0.1, -0.05) is 12.1 Å². The molecule has 0 fully saturated rings. The van der Waals surface area contributed by atoms with Crippen molar-refractivity contribution in [3.63, 3.8) is 0 Å². The van der Waals surface area contributed by atoms with Crippen LogP contribution in [-0.4, -0.2) is 20.2 Å². The number of hydrogen-bond acceptors (Lipinski definition) is 5. The number of non-ortho nitro benzene ring substituents is 1. The van der Waals surface area contributed by atoms with E-state index < -0.39 is 26.9 Å². The molecule has 0 aliphatic carbocycles. The van der Waals surface area contributed by atoms with Crippen molar-refractivity contribution in [1.82, 2.24) is 0 Å². The largest absolute Gasteiger partial charge is 0.480 e. The molecule has 0 saturated carbocycles. The Labute approximate surface area is 121 Å². The standard InChI is InChI=1S/C13H11NO6S/c15-13(16)12(21(19)8-11-2-1-7-20-11)9-3-5-10(6-4-9)14(17)18/h1-7,12H,8H2,(H,15,16)/t12-,21+/m1/s1. The fraction of sp³-hybridized carbons (Fsp3) is 0.154. The molecule has 2 aromatic rings. The number of benzene rings is 1. The van der Waals surface area contributed by atoms with E-state index in [2.05, 4.69) is 0 Å². The van der Waals surface area contributed by atoms with Crippen LogP contribution in [0.3, 0.4) is 0 Å². The number of carboxylic acid groups (broad SMARTS) is 1. The topological polar surface area (TPSA) is 111 Å².